The second kappa shape index (κ2) is 8.93. The molecule has 5 nitrogen and oxygen atoms in total. The number of aliphatic hydroxyl groups excluding tert-OH is 1. The molecule has 116 valence electrons. The molecule has 0 atom stereocenters. The molecule has 0 fully saturated rings. The Morgan fingerprint density at radius 2 is 1.81 bits per heavy atom. The standard InChI is InChI=1S/C15H21O5P/c1-4-9-18-21(17,19-10-5-2)20-12-15-13(3)7-6-8-14(15)11-16/h4-8,16H,1-2,9-12H2,3H3. The first kappa shape index (κ1) is 17.8. The molecule has 0 heterocycles. The van der Waals surface area contributed by atoms with Crippen LogP contribution in [0, 0.1) is 6.92 Å². The summed E-state index contributed by atoms with van der Waals surface area (Å²) in [6.07, 6.45) is 2.92. The van der Waals surface area contributed by atoms with Crippen LogP contribution in [0.3, 0.4) is 0 Å². The minimum Gasteiger partial charge on any atom is -0.392 e. The van der Waals surface area contributed by atoms with Crippen molar-refractivity contribution in [2.75, 3.05) is 13.2 Å². The van der Waals surface area contributed by atoms with E-state index in [0.29, 0.717) is 5.56 Å². The molecule has 0 saturated heterocycles. The first-order valence-corrected chi connectivity index (χ1v) is 7.96. The average Bonchev–Trinajstić information content (AvgIpc) is 2.49. The van der Waals surface area contributed by atoms with Crippen LogP contribution in [0.2, 0.25) is 0 Å². The van der Waals surface area contributed by atoms with Gasteiger partial charge < -0.3 is 5.11 Å². The van der Waals surface area contributed by atoms with Crippen molar-refractivity contribution in [2.24, 2.45) is 0 Å². The van der Waals surface area contributed by atoms with Gasteiger partial charge >= 0.3 is 7.82 Å². The summed E-state index contributed by atoms with van der Waals surface area (Å²) in [6.45, 7) is 8.88. The lowest BCUT2D eigenvalue weighted by Crippen LogP contribution is -2.04. The molecule has 0 bridgehead atoms. The lowest BCUT2D eigenvalue weighted by molar-refractivity contribution is 0.124. The number of aryl methyl sites for hydroxylation is 1. The van der Waals surface area contributed by atoms with Gasteiger partial charge in [-0.15, -0.1) is 13.2 Å². The minimum atomic E-state index is -3.69. The van der Waals surface area contributed by atoms with Crippen molar-refractivity contribution < 1.29 is 23.2 Å². The maximum atomic E-state index is 12.4. The molecule has 21 heavy (non-hydrogen) atoms. The molecular weight excluding hydrogens is 291 g/mol. The van der Waals surface area contributed by atoms with Crippen molar-refractivity contribution in [3.8, 4) is 0 Å². The van der Waals surface area contributed by atoms with Gasteiger partial charge in [0.1, 0.15) is 0 Å². The Balaban J connectivity index is 2.83. The third-order valence-electron chi connectivity index (χ3n) is 2.75. The maximum Gasteiger partial charge on any atom is 0.475 e. The predicted molar refractivity (Wildman–Crippen MR) is 81.8 cm³/mol. The van der Waals surface area contributed by atoms with E-state index < -0.39 is 7.82 Å². The Kier molecular flexibility index (Phi) is 7.57. The van der Waals surface area contributed by atoms with Gasteiger partial charge in [0, 0.05) is 0 Å². The van der Waals surface area contributed by atoms with Crippen LogP contribution in [0.1, 0.15) is 16.7 Å². The zero-order valence-corrected chi connectivity index (χ0v) is 13.1. The highest BCUT2D eigenvalue weighted by molar-refractivity contribution is 7.48. The summed E-state index contributed by atoms with van der Waals surface area (Å²) in [5.74, 6) is 0. The molecule has 0 unspecified atom stereocenters. The average molecular weight is 312 g/mol. The maximum absolute atomic E-state index is 12.4. The van der Waals surface area contributed by atoms with Gasteiger partial charge in [-0.05, 0) is 23.6 Å². The SMILES string of the molecule is C=CCOP(=O)(OCC=C)OCc1c(C)cccc1CO. The molecule has 1 rings (SSSR count). The van der Waals surface area contributed by atoms with Crippen LogP contribution in [-0.4, -0.2) is 18.3 Å². The predicted octanol–water partition coefficient (Wildman–Crippen LogP) is 3.52. The molecule has 1 aromatic rings. The lowest BCUT2D eigenvalue weighted by atomic mass is 10.0. The topological polar surface area (TPSA) is 65.0 Å². The molecule has 0 spiro atoms. The molecule has 0 aliphatic heterocycles. The van der Waals surface area contributed by atoms with Gasteiger partial charge in [-0.1, -0.05) is 30.4 Å². The van der Waals surface area contributed by atoms with Crippen molar-refractivity contribution in [3.05, 3.63) is 60.2 Å². The van der Waals surface area contributed by atoms with Gasteiger partial charge in [0.2, 0.25) is 0 Å². The summed E-state index contributed by atoms with van der Waals surface area (Å²) < 4.78 is 27.9. The number of phosphoric ester groups is 1. The van der Waals surface area contributed by atoms with E-state index in [9.17, 15) is 9.67 Å². The molecule has 6 heteroatoms. The Labute approximate surface area is 125 Å². The third-order valence-corrected chi connectivity index (χ3v) is 4.12. The Bertz CT molecular complexity index is 511. The summed E-state index contributed by atoms with van der Waals surface area (Å²) in [7, 11) is -3.69. The van der Waals surface area contributed by atoms with Crippen molar-refractivity contribution in [2.45, 2.75) is 20.1 Å². The van der Waals surface area contributed by atoms with E-state index in [2.05, 4.69) is 13.2 Å². The Morgan fingerprint density at radius 3 is 2.33 bits per heavy atom. The van der Waals surface area contributed by atoms with Gasteiger partial charge in [0.15, 0.2) is 0 Å². The monoisotopic (exact) mass is 312 g/mol. The van der Waals surface area contributed by atoms with Crippen molar-refractivity contribution in [1.29, 1.82) is 0 Å². The second-order valence-electron chi connectivity index (χ2n) is 4.26. The van der Waals surface area contributed by atoms with E-state index in [1.165, 1.54) is 12.2 Å². The molecule has 1 N–H and O–H groups in total. The molecule has 0 aromatic heterocycles. The summed E-state index contributed by atoms with van der Waals surface area (Å²) in [4.78, 5) is 0. The van der Waals surface area contributed by atoms with E-state index in [1.807, 2.05) is 19.1 Å². The number of hydrogen-bond donors (Lipinski definition) is 1. The normalized spacial score (nSPS) is 11.3. The Hall–Kier alpha value is -1.23. The molecule has 0 aliphatic rings. The lowest BCUT2D eigenvalue weighted by Gasteiger charge is -2.18. The van der Waals surface area contributed by atoms with Crippen molar-refractivity contribution in [3.63, 3.8) is 0 Å². The highest BCUT2D eigenvalue weighted by Gasteiger charge is 2.26. The third kappa shape index (κ3) is 5.58. The van der Waals surface area contributed by atoms with Crippen LogP contribution < -0.4 is 0 Å². The van der Waals surface area contributed by atoms with E-state index in [1.54, 1.807) is 6.07 Å². The van der Waals surface area contributed by atoms with Gasteiger partial charge in [-0.3, -0.25) is 13.6 Å². The highest BCUT2D eigenvalue weighted by atomic mass is 31.2. The van der Waals surface area contributed by atoms with Crippen molar-refractivity contribution >= 4 is 7.82 Å². The number of aliphatic hydroxyl groups is 1. The largest absolute Gasteiger partial charge is 0.475 e. The van der Waals surface area contributed by atoms with E-state index in [-0.39, 0.29) is 26.4 Å². The molecular formula is C15H21O5P. The first-order chi connectivity index (χ1) is 10.1. The summed E-state index contributed by atoms with van der Waals surface area (Å²) in [5, 5.41) is 9.34. The van der Waals surface area contributed by atoms with Crippen LogP contribution in [0.15, 0.2) is 43.5 Å². The Morgan fingerprint density at radius 1 is 1.19 bits per heavy atom. The highest BCUT2D eigenvalue weighted by Crippen LogP contribution is 2.50. The van der Waals surface area contributed by atoms with Crippen LogP contribution in [0.4, 0.5) is 0 Å². The smallest absolute Gasteiger partial charge is 0.392 e. The fourth-order valence-corrected chi connectivity index (χ4v) is 2.75. The van der Waals surface area contributed by atoms with E-state index >= 15 is 0 Å². The zero-order valence-electron chi connectivity index (χ0n) is 12.2. The van der Waals surface area contributed by atoms with Crippen LogP contribution in [0.5, 0.6) is 0 Å². The second-order valence-corrected chi connectivity index (χ2v) is 5.93. The molecule has 0 aliphatic carbocycles. The van der Waals surface area contributed by atoms with Gasteiger partial charge in [0.05, 0.1) is 26.4 Å². The minimum absolute atomic E-state index is 0.0220. The number of hydrogen-bond acceptors (Lipinski definition) is 5. The van der Waals surface area contributed by atoms with Crippen LogP contribution in [-0.2, 0) is 31.4 Å². The fraction of sp³-hybridized carbons (Fsp3) is 0.333. The molecule has 0 amide bonds. The number of rotatable bonds is 10. The fourth-order valence-electron chi connectivity index (χ4n) is 1.66. The molecule has 0 saturated carbocycles. The van der Waals surface area contributed by atoms with Gasteiger partial charge in [0.25, 0.3) is 0 Å². The van der Waals surface area contributed by atoms with Gasteiger partial charge in [-0.2, -0.15) is 0 Å². The quantitative estimate of drug-likeness (QED) is 0.529. The summed E-state index contributed by atoms with van der Waals surface area (Å²) in [6, 6.07) is 5.51. The van der Waals surface area contributed by atoms with Crippen LogP contribution in [0.25, 0.3) is 0 Å². The van der Waals surface area contributed by atoms with Gasteiger partial charge in [-0.25, -0.2) is 4.57 Å². The molecule has 0 radical (unpaired) electrons. The number of phosphoric acid groups is 1. The molecule has 1 aromatic carbocycles. The van der Waals surface area contributed by atoms with Crippen molar-refractivity contribution in [1.82, 2.24) is 0 Å². The zero-order chi connectivity index (χ0) is 15.7. The van der Waals surface area contributed by atoms with Crippen LogP contribution >= 0.6 is 7.82 Å². The number of benzene rings is 1. The first-order valence-electron chi connectivity index (χ1n) is 6.50. The van der Waals surface area contributed by atoms with E-state index in [4.69, 9.17) is 13.6 Å². The van der Waals surface area contributed by atoms with E-state index in [0.717, 1.165) is 11.1 Å². The summed E-state index contributed by atoms with van der Waals surface area (Å²) in [5.41, 5.74) is 2.42. The summed E-state index contributed by atoms with van der Waals surface area (Å²) >= 11 is 0.